The molecular formula is C13H18FN3O2. The van der Waals surface area contributed by atoms with E-state index >= 15 is 0 Å². The van der Waals surface area contributed by atoms with E-state index in [1.807, 2.05) is 0 Å². The maximum Gasteiger partial charge on any atom is 0.228 e. The summed E-state index contributed by atoms with van der Waals surface area (Å²) in [6.07, 6.45) is 0. The van der Waals surface area contributed by atoms with Gasteiger partial charge in [0.05, 0.1) is 11.6 Å². The van der Waals surface area contributed by atoms with Crippen molar-refractivity contribution in [3.05, 3.63) is 24.0 Å². The van der Waals surface area contributed by atoms with Crippen molar-refractivity contribution < 1.29 is 14.0 Å². The van der Waals surface area contributed by atoms with Crippen LogP contribution in [0.15, 0.2) is 18.2 Å². The average molecular weight is 267 g/mol. The van der Waals surface area contributed by atoms with E-state index in [2.05, 4.69) is 10.6 Å². The molecule has 19 heavy (non-hydrogen) atoms. The highest BCUT2D eigenvalue weighted by molar-refractivity contribution is 5.94. The number of hydrogen-bond donors (Lipinski definition) is 3. The summed E-state index contributed by atoms with van der Waals surface area (Å²) >= 11 is 0. The second-order valence-electron chi connectivity index (χ2n) is 4.51. The van der Waals surface area contributed by atoms with Crippen LogP contribution in [0.3, 0.4) is 0 Å². The van der Waals surface area contributed by atoms with Crippen LogP contribution < -0.4 is 16.4 Å². The van der Waals surface area contributed by atoms with Crippen molar-refractivity contribution in [2.45, 2.75) is 26.8 Å². The number of amides is 2. The summed E-state index contributed by atoms with van der Waals surface area (Å²) < 4.78 is 13.4. The van der Waals surface area contributed by atoms with Crippen molar-refractivity contribution in [1.29, 1.82) is 0 Å². The summed E-state index contributed by atoms with van der Waals surface area (Å²) in [6, 6.07) is 3.68. The van der Waals surface area contributed by atoms with E-state index in [0.29, 0.717) is 5.69 Å². The lowest BCUT2D eigenvalue weighted by atomic mass is 10.0. The van der Waals surface area contributed by atoms with Gasteiger partial charge in [-0.1, -0.05) is 6.92 Å². The first kappa shape index (κ1) is 15.1. The van der Waals surface area contributed by atoms with Crippen LogP contribution in [-0.4, -0.2) is 17.9 Å². The second-order valence-corrected chi connectivity index (χ2v) is 4.51. The fourth-order valence-electron chi connectivity index (χ4n) is 1.38. The zero-order valence-corrected chi connectivity index (χ0v) is 11.2. The van der Waals surface area contributed by atoms with E-state index in [9.17, 15) is 14.0 Å². The van der Waals surface area contributed by atoms with Crippen LogP contribution in [0.5, 0.6) is 0 Å². The molecule has 0 heterocycles. The molecule has 0 radical (unpaired) electrons. The minimum atomic E-state index is -0.562. The van der Waals surface area contributed by atoms with E-state index in [0.717, 1.165) is 0 Å². The van der Waals surface area contributed by atoms with Crippen molar-refractivity contribution in [3.8, 4) is 0 Å². The number of rotatable bonds is 4. The SMILES string of the molecule is CC(=O)Nc1cc(NC(=O)C(C)C(C)N)ccc1F. The van der Waals surface area contributed by atoms with Gasteiger partial charge in [0.2, 0.25) is 11.8 Å². The summed E-state index contributed by atoms with van der Waals surface area (Å²) in [5.74, 6) is -1.57. The Bertz CT molecular complexity index is 489. The Morgan fingerprint density at radius 2 is 1.89 bits per heavy atom. The summed E-state index contributed by atoms with van der Waals surface area (Å²) in [6.45, 7) is 4.72. The van der Waals surface area contributed by atoms with Crippen LogP contribution in [0, 0.1) is 11.7 Å². The maximum atomic E-state index is 13.4. The second kappa shape index (κ2) is 6.29. The van der Waals surface area contributed by atoms with Crippen LogP contribution in [0.4, 0.5) is 15.8 Å². The summed E-state index contributed by atoms with van der Waals surface area (Å²) in [7, 11) is 0. The summed E-state index contributed by atoms with van der Waals surface area (Å²) in [5.41, 5.74) is 6.06. The van der Waals surface area contributed by atoms with Gasteiger partial charge >= 0.3 is 0 Å². The van der Waals surface area contributed by atoms with Crippen molar-refractivity contribution in [1.82, 2.24) is 0 Å². The molecule has 1 aromatic rings. The van der Waals surface area contributed by atoms with Gasteiger partial charge in [-0.15, -0.1) is 0 Å². The Kier molecular flexibility index (Phi) is 5.00. The number of anilines is 2. The van der Waals surface area contributed by atoms with Crippen molar-refractivity contribution >= 4 is 23.2 Å². The predicted octanol–water partition coefficient (Wildman–Crippen LogP) is 1.71. The minimum absolute atomic E-state index is 0.0266. The molecular weight excluding hydrogens is 249 g/mol. The number of carbonyl (C=O) groups excluding carboxylic acids is 2. The van der Waals surface area contributed by atoms with Crippen LogP contribution >= 0.6 is 0 Å². The van der Waals surface area contributed by atoms with Gasteiger partial charge in [-0.3, -0.25) is 9.59 Å². The van der Waals surface area contributed by atoms with Gasteiger partial charge in [-0.25, -0.2) is 4.39 Å². The fraction of sp³-hybridized carbons (Fsp3) is 0.385. The maximum absolute atomic E-state index is 13.4. The molecule has 2 amide bonds. The highest BCUT2D eigenvalue weighted by Gasteiger charge is 2.17. The molecule has 0 aliphatic rings. The molecule has 0 spiro atoms. The number of halogens is 1. The molecule has 0 saturated heterocycles. The highest BCUT2D eigenvalue weighted by atomic mass is 19.1. The lowest BCUT2D eigenvalue weighted by Gasteiger charge is -2.16. The molecule has 0 saturated carbocycles. The molecule has 0 fully saturated rings. The van der Waals surface area contributed by atoms with Gasteiger partial charge in [0.15, 0.2) is 0 Å². The zero-order chi connectivity index (χ0) is 14.6. The molecule has 0 aliphatic carbocycles. The van der Waals surface area contributed by atoms with E-state index in [1.54, 1.807) is 13.8 Å². The predicted molar refractivity (Wildman–Crippen MR) is 72.1 cm³/mol. The van der Waals surface area contributed by atoms with E-state index in [4.69, 9.17) is 5.73 Å². The van der Waals surface area contributed by atoms with Gasteiger partial charge < -0.3 is 16.4 Å². The van der Waals surface area contributed by atoms with Crippen LogP contribution in [0.2, 0.25) is 0 Å². The molecule has 1 rings (SSSR count). The average Bonchev–Trinajstić information content (AvgIpc) is 2.31. The first-order valence-corrected chi connectivity index (χ1v) is 5.95. The first-order chi connectivity index (χ1) is 8.81. The quantitative estimate of drug-likeness (QED) is 0.776. The largest absolute Gasteiger partial charge is 0.327 e. The minimum Gasteiger partial charge on any atom is -0.327 e. The zero-order valence-electron chi connectivity index (χ0n) is 11.2. The Morgan fingerprint density at radius 3 is 2.42 bits per heavy atom. The monoisotopic (exact) mass is 267 g/mol. The molecule has 2 unspecified atom stereocenters. The molecule has 6 heteroatoms. The van der Waals surface area contributed by atoms with E-state index < -0.39 is 5.82 Å². The van der Waals surface area contributed by atoms with Crippen LogP contribution in [0.25, 0.3) is 0 Å². The lowest BCUT2D eigenvalue weighted by Crippen LogP contribution is -2.34. The van der Waals surface area contributed by atoms with Crippen LogP contribution in [0.1, 0.15) is 20.8 Å². The third-order valence-corrected chi connectivity index (χ3v) is 2.75. The number of hydrogen-bond acceptors (Lipinski definition) is 3. The molecule has 0 aromatic heterocycles. The summed E-state index contributed by atoms with van der Waals surface area (Å²) in [5, 5.41) is 4.98. The Hall–Kier alpha value is -1.95. The highest BCUT2D eigenvalue weighted by Crippen LogP contribution is 2.20. The van der Waals surface area contributed by atoms with Crippen molar-refractivity contribution in [2.24, 2.45) is 11.7 Å². The van der Waals surface area contributed by atoms with Gasteiger partial charge in [0, 0.05) is 18.7 Å². The smallest absolute Gasteiger partial charge is 0.228 e. The number of nitrogens with two attached hydrogens (primary N) is 1. The van der Waals surface area contributed by atoms with Gasteiger partial charge in [0.25, 0.3) is 0 Å². The number of benzene rings is 1. The molecule has 0 bridgehead atoms. The number of carbonyl (C=O) groups is 2. The molecule has 4 N–H and O–H groups in total. The topological polar surface area (TPSA) is 84.2 Å². The lowest BCUT2D eigenvalue weighted by molar-refractivity contribution is -0.119. The third-order valence-electron chi connectivity index (χ3n) is 2.75. The molecule has 104 valence electrons. The molecule has 0 aliphatic heterocycles. The van der Waals surface area contributed by atoms with Gasteiger partial charge in [-0.2, -0.15) is 0 Å². The number of nitrogens with one attached hydrogen (secondary N) is 2. The fourth-order valence-corrected chi connectivity index (χ4v) is 1.38. The Balaban J connectivity index is 2.85. The van der Waals surface area contributed by atoms with E-state index in [-0.39, 0.29) is 29.5 Å². The molecule has 5 nitrogen and oxygen atoms in total. The first-order valence-electron chi connectivity index (χ1n) is 5.95. The van der Waals surface area contributed by atoms with Crippen molar-refractivity contribution in [2.75, 3.05) is 10.6 Å². The van der Waals surface area contributed by atoms with E-state index in [1.165, 1.54) is 25.1 Å². The van der Waals surface area contributed by atoms with Crippen LogP contribution in [-0.2, 0) is 9.59 Å². The summed E-state index contributed by atoms with van der Waals surface area (Å²) in [4.78, 5) is 22.7. The standard InChI is InChI=1S/C13H18FN3O2/c1-7(8(2)15)13(19)17-10-4-5-11(14)12(6-10)16-9(3)18/h4-8H,15H2,1-3H3,(H,16,18)(H,17,19). The molecule has 1 aromatic carbocycles. The van der Waals surface area contributed by atoms with Gasteiger partial charge in [-0.05, 0) is 25.1 Å². The van der Waals surface area contributed by atoms with Crippen molar-refractivity contribution in [3.63, 3.8) is 0 Å². The Morgan fingerprint density at radius 1 is 1.26 bits per heavy atom. The van der Waals surface area contributed by atoms with Gasteiger partial charge in [0.1, 0.15) is 5.82 Å². The normalized spacial score (nSPS) is 13.5. The molecule has 2 atom stereocenters. The Labute approximate surface area is 111 Å². The third kappa shape index (κ3) is 4.33.